The second kappa shape index (κ2) is 4.93. The fourth-order valence-electron chi connectivity index (χ4n) is 3.46. The number of fused-ring (bicyclic) bond motifs is 4. The van der Waals surface area contributed by atoms with Crippen LogP contribution in [0.1, 0.15) is 5.56 Å². The molecule has 0 aliphatic carbocycles. The summed E-state index contributed by atoms with van der Waals surface area (Å²) in [5, 5.41) is 4.74. The van der Waals surface area contributed by atoms with Crippen LogP contribution in [0.2, 0.25) is 0 Å². The van der Waals surface area contributed by atoms with Crippen molar-refractivity contribution in [2.75, 3.05) is 0 Å². The topological polar surface area (TPSA) is 26.0 Å². The van der Waals surface area contributed by atoms with Gasteiger partial charge in [0.05, 0.1) is 11.8 Å². The van der Waals surface area contributed by atoms with E-state index in [2.05, 4.69) is 55.5 Å². The molecule has 0 aliphatic rings. The summed E-state index contributed by atoms with van der Waals surface area (Å²) in [4.78, 5) is 4.88. The molecule has 114 valence electrons. The van der Waals surface area contributed by atoms with Crippen LogP contribution in [0.15, 0.2) is 77.4 Å². The number of hydrogen-bond acceptors (Lipinski definition) is 2. The Labute approximate surface area is 139 Å². The van der Waals surface area contributed by atoms with E-state index in [1.807, 2.05) is 18.2 Å². The van der Waals surface area contributed by atoms with Gasteiger partial charge in [0, 0.05) is 16.3 Å². The highest BCUT2D eigenvalue weighted by atomic mass is 16.3. The SMILES string of the molecule is Cc1cccc2cc(-c3nc4ccccc4c4ccoc34)ccc12. The van der Waals surface area contributed by atoms with Crippen LogP contribution in [0.5, 0.6) is 0 Å². The van der Waals surface area contributed by atoms with Gasteiger partial charge in [-0.15, -0.1) is 0 Å². The highest BCUT2D eigenvalue weighted by Gasteiger charge is 2.13. The van der Waals surface area contributed by atoms with Crippen LogP contribution in [0.4, 0.5) is 0 Å². The highest BCUT2D eigenvalue weighted by molar-refractivity contribution is 6.09. The molecule has 3 aromatic carbocycles. The molecule has 2 aromatic heterocycles. The Balaban J connectivity index is 1.86. The first-order valence-electron chi connectivity index (χ1n) is 8.07. The first kappa shape index (κ1) is 13.3. The maximum absolute atomic E-state index is 5.78. The third-order valence-electron chi connectivity index (χ3n) is 4.68. The Morgan fingerprint density at radius 1 is 0.792 bits per heavy atom. The van der Waals surface area contributed by atoms with Crippen molar-refractivity contribution in [3.8, 4) is 11.3 Å². The van der Waals surface area contributed by atoms with Gasteiger partial charge in [-0.05, 0) is 41.5 Å². The summed E-state index contributed by atoms with van der Waals surface area (Å²) in [5.74, 6) is 0. The van der Waals surface area contributed by atoms with Gasteiger partial charge in [0.15, 0.2) is 5.58 Å². The van der Waals surface area contributed by atoms with Gasteiger partial charge in [0.25, 0.3) is 0 Å². The second-order valence-corrected chi connectivity index (χ2v) is 6.15. The summed E-state index contributed by atoms with van der Waals surface area (Å²) < 4.78 is 5.78. The van der Waals surface area contributed by atoms with Crippen LogP contribution >= 0.6 is 0 Å². The molecule has 24 heavy (non-hydrogen) atoms. The van der Waals surface area contributed by atoms with Gasteiger partial charge >= 0.3 is 0 Å². The zero-order chi connectivity index (χ0) is 16.1. The van der Waals surface area contributed by atoms with Crippen molar-refractivity contribution < 1.29 is 4.42 Å². The molecule has 0 saturated heterocycles. The molecule has 2 heteroatoms. The Bertz CT molecular complexity index is 1220. The van der Waals surface area contributed by atoms with Crippen molar-refractivity contribution in [1.29, 1.82) is 0 Å². The van der Waals surface area contributed by atoms with Crippen molar-refractivity contribution in [3.05, 3.63) is 78.6 Å². The van der Waals surface area contributed by atoms with Crippen molar-refractivity contribution in [2.24, 2.45) is 0 Å². The van der Waals surface area contributed by atoms with Crippen LogP contribution in [0, 0.1) is 6.92 Å². The van der Waals surface area contributed by atoms with Gasteiger partial charge in [0.2, 0.25) is 0 Å². The molecule has 0 aliphatic heterocycles. The third-order valence-corrected chi connectivity index (χ3v) is 4.68. The zero-order valence-corrected chi connectivity index (χ0v) is 13.3. The molecule has 0 radical (unpaired) electrons. The smallest absolute Gasteiger partial charge is 0.160 e. The average molecular weight is 309 g/mol. The highest BCUT2D eigenvalue weighted by Crippen LogP contribution is 2.34. The normalized spacial score (nSPS) is 11.5. The lowest BCUT2D eigenvalue weighted by molar-refractivity contribution is 0.616. The molecule has 0 N–H and O–H groups in total. The molecule has 5 rings (SSSR count). The van der Waals surface area contributed by atoms with E-state index in [0.717, 1.165) is 33.1 Å². The molecular formula is C22H15NO. The minimum Gasteiger partial charge on any atom is -0.462 e. The lowest BCUT2D eigenvalue weighted by Crippen LogP contribution is -1.88. The molecule has 0 atom stereocenters. The predicted molar refractivity (Wildman–Crippen MR) is 99.2 cm³/mol. The number of rotatable bonds is 1. The molecule has 0 amide bonds. The quantitative estimate of drug-likeness (QED) is 0.373. The average Bonchev–Trinajstić information content (AvgIpc) is 3.11. The summed E-state index contributed by atoms with van der Waals surface area (Å²) in [7, 11) is 0. The van der Waals surface area contributed by atoms with Crippen LogP contribution < -0.4 is 0 Å². The number of aryl methyl sites for hydroxylation is 1. The number of nitrogens with zero attached hydrogens (tertiary/aromatic N) is 1. The van der Waals surface area contributed by atoms with Crippen LogP contribution in [0.3, 0.4) is 0 Å². The van der Waals surface area contributed by atoms with Crippen LogP contribution in [0.25, 0.3) is 43.9 Å². The second-order valence-electron chi connectivity index (χ2n) is 6.15. The minimum atomic E-state index is 0.848. The van der Waals surface area contributed by atoms with Gasteiger partial charge < -0.3 is 4.42 Å². The Kier molecular flexibility index (Phi) is 2.74. The van der Waals surface area contributed by atoms with E-state index in [1.54, 1.807) is 6.26 Å². The Hall–Kier alpha value is -3.13. The molecule has 2 heterocycles. The summed E-state index contributed by atoms with van der Waals surface area (Å²) in [5.41, 5.74) is 5.11. The van der Waals surface area contributed by atoms with E-state index in [1.165, 1.54) is 16.3 Å². The monoisotopic (exact) mass is 309 g/mol. The molecular weight excluding hydrogens is 294 g/mol. The van der Waals surface area contributed by atoms with E-state index in [0.29, 0.717) is 0 Å². The van der Waals surface area contributed by atoms with E-state index in [4.69, 9.17) is 9.40 Å². The number of aromatic nitrogens is 1. The largest absolute Gasteiger partial charge is 0.462 e. The summed E-state index contributed by atoms with van der Waals surface area (Å²) in [6, 6.07) is 23.1. The lowest BCUT2D eigenvalue weighted by Gasteiger charge is -2.08. The van der Waals surface area contributed by atoms with Gasteiger partial charge in [-0.25, -0.2) is 4.98 Å². The fraction of sp³-hybridized carbons (Fsp3) is 0.0455. The zero-order valence-electron chi connectivity index (χ0n) is 13.3. The number of para-hydroxylation sites is 1. The summed E-state index contributed by atoms with van der Waals surface area (Å²) >= 11 is 0. The van der Waals surface area contributed by atoms with Crippen molar-refractivity contribution in [3.63, 3.8) is 0 Å². The van der Waals surface area contributed by atoms with E-state index >= 15 is 0 Å². The van der Waals surface area contributed by atoms with E-state index in [-0.39, 0.29) is 0 Å². The third kappa shape index (κ3) is 1.86. The summed E-state index contributed by atoms with van der Waals surface area (Å²) in [6.45, 7) is 2.14. The summed E-state index contributed by atoms with van der Waals surface area (Å²) in [6.07, 6.45) is 1.74. The molecule has 0 bridgehead atoms. The van der Waals surface area contributed by atoms with Gasteiger partial charge in [0.1, 0.15) is 5.69 Å². The minimum absolute atomic E-state index is 0.848. The Morgan fingerprint density at radius 3 is 2.67 bits per heavy atom. The molecule has 5 aromatic rings. The number of furan rings is 1. The maximum Gasteiger partial charge on any atom is 0.160 e. The number of benzene rings is 3. The van der Waals surface area contributed by atoms with E-state index in [9.17, 15) is 0 Å². The van der Waals surface area contributed by atoms with Crippen molar-refractivity contribution >= 4 is 32.6 Å². The van der Waals surface area contributed by atoms with Gasteiger partial charge in [-0.1, -0.05) is 48.5 Å². The van der Waals surface area contributed by atoms with Crippen LogP contribution in [-0.2, 0) is 0 Å². The van der Waals surface area contributed by atoms with Gasteiger partial charge in [-0.2, -0.15) is 0 Å². The standard InChI is InChI=1S/C22H15NO/c1-14-5-4-6-15-13-16(9-10-17(14)15)21-22-19(11-12-24-22)18-7-2-3-8-20(18)23-21/h2-13H,1H3. The molecule has 0 unspecified atom stereocenters. The molecule has 0 fully saturated rings. The fourth-order valence-corrected chi connectivity index (χ4v) is 3.46. The van der Waals surface area contributed by atoms with E-state index < -0.39 is 0 Å². The molecule has 0 spiro atoms. The molecule has 2 nitrogen and oxygen atoms in total. The lowest BCUT2D eigenvalue weighted by atomic mass is 10.00. The van der Waals surface area contributed by atoms with Crippen LogP contribution in [-0.4, -0.2) is 4.98 Å². The number of hydrogen-bond donors (Lipinski definition) is 0. The number of pyridine rings is 1. The predicted octanol–water partition coefficient (Wildman–Crippen LogP) is 6.11. The first-order chi connectivity index (χ1) is 11.8. The van der Waals surface area contributed by atoms with Crippen molar-refractivity contribution in [2.45, 2.75) is 6.92 Å². The van der Waals surface area contributed by atoms with Crippen molar-refractivity contribution in [1.82, 2.24) is 4.98 Å². The maximum atomic E-state index is 5.78. The Morgan fingerprint density at radius 2 is 1.71 bits per heavy atom. The first-order valence-corrected chi connectivity index (χ1v) is 8.07. The molecule has 0 saturated carbocycles. The van der Waals surface area contributed by atoms with Gasteiger partial charge in [-0.3, -0.25) is 0 Å².